The Morgan fingerprint density at radius 2 is 1.86 bits per heavy atom. The lowest BCUT2D eigenvalue weighted by molar-refractivity contribution is -0.152. The minimum absolute atomic E-state index is 0.171. The standard InChI is InChI=1S/C38H37ClFN3O6/c1-25-28(5-4-6-31(25)27-8-9-34-37(19-27)46-16-15-45-34)24-49-36-20-35(48-23-26-10-12-42-30(17-26)21-41)29(18-32(36)39)22-43-13-3-2-7-33(43)38(44)47-14-11-40/h4-6,8-10,12,17-20,33H,2-3,7,11,13-16,22-24H2,1H3/t33-/m0/s1. The number of rotatable bonds is 12. The maximum absolute atomic E-state index is 12.8. The summed E-state index contributed by atoms with van der Waals surface area (Å²) in [4.78, 5) is 18.9. The number of alkyl halides is 1. The maximum Gasteiger partial charge on any atom is 0.323 e. The lowest BCUT2D eigenvalue weighted by atomic mass is 9.96. The normalized spacial score (nSPS) is 15.7. The van der Waals surface area contributed by atoms with Crippen LogP contribution in [0.15, 0.2) is 66.9 Å². The zero-order valence-electron chi connectivity index (χ0n) is 27.3. The van der Waals surface area contributed by atoms with E-state index in [1.54, 1.807) is 30.5 Å². The number of nitrogens with zero attached hydrogens (tertiary/aromatic N) is 3. The average Bonchev–Trinajstić information content (AvgIpc) is 3.13. The van der Waals surface area contributed by atoms with Crippen molar-refractivity contribution in [2.24, 2.45) is 0 Å². The van der Waals surface area contributed by atoms with Crippen LogP contribution in [0.1, 0.15) is 47.2 Å². The molecule has 6 rings (SSSR count). The molecule has 0 N–H and O–H groups in total. The number of aromatic nitrogens is 1. The molecule has 1 aromatic heterocycles. The van der Waals surface area contributed by atoms with Crippen LogP contribution >= 0.6 is 11.6 Å². The molecule has 2 aliphatic rings. The topological polar surface area (TPSA) is 103 Å². The Kier molecular flexibility index (Phi) is 11.1. The fourth-order valence-electron chi connectivity index (χ4n) is 6.15. The highest BCUT2D eigenvalue weighted by atomic mass is 35.5. The number of fused-ring (bicyclic) bond motifs is 1. The number of nitriles is 1. The number of piperidine rings is 1. The van der Waals surface area contributed by atoms with Gasteiger partial charge in [-0.1, -0.05) is 42.3 Å². The van der Waals surface area contributed by atoms with Crippen LogP contribution in [0.25, 0.3) is 11.1 Å². The van der Waals surface area contributed by atoms with Crippen molar-refractivity contribution in [2.45, 2.75) is 52.0 Å². The van der Waals surface area contributed by atoms with Crippen molar-refractivity contribution in [3.8, 4) is 40.2 Å². The molecule has 3 heterocycles. The summed E-state index contributed by atoms with van der Waals surface area (Å²) in [6.07, 6.45) is 3.98. The lowest BCUT2D eigenvalue weighted by Crippen LogP contribution is -2.45. The van der Waals surface area contributed by atoms with E-state index >= 15 is 0 Å². The minimum atomic E-state index is -0.724. The third kappa shape index (κ3) is 8.24. The van der Waals surface area contributed by atoms with Gasteiger partial charge in [-0.2, -0.15) is 5.26 Å². The molecule has 0 amide bonds. The van der Waals surface area contributed by atoms with Gasteiger partial charge in [-0.3, -0.25) is 9.69 Å². The van der Waals surface area contributed by atoms with Crippen molar-refractivity contribution in [1.29, 1.82) is 5.26 Å². The molecular weight excluding hydrogens is 649 g/mol. The summed E-state index contributed by atoms with van der Waals surface area (Å²) >= 11 is 6.84. The van der Waals surface area contributed by atoms with Crippen LogP contribution in [0.3, 0.4) is 0 Å². The van der Waals surface area contributed by atoms with Crippen molar-refractivity contribution < 1.29 is 32.9 Å². The van der Waals surface area contributed by atoms with E-state index in [9.17, 15) is 14.4 Å². The van der Waals surface area contributed by atoms with Gasteiger partial charge in [-0.25, -0.2) is 9.37 Å². The molecule has 0 radical (unpaired) electrons. The number of benzene rings is 3. The molecule has 4 aromatic rings. The third-order valence-electron chi connectivity index (χ3n) is 8.71. The molecule has 49 heavy (non-hydrogen) atoms. The second kappa shape index (κ2) is 16.0. The van der Waals surface area contributed by atoms with Gasteiger partial charge in [0.15, 0.2) is 11.5 Å². The molecule has 0 spiro atoms. The SMILES string of the molecule is Cc1c(COc2cc(OCc3ccnc(C#N)c3)c(CN3CCCC[C@H]3C(=O)OCCF)cc2Cl)cccc1-c1ccc2c(c1)OCCO2. The van der Waals surface area contributed by atoms with E-state index in [1.807, 2.05) is 35.2 Å². The average molecular weight is 686 g/mol. The first-order valence-electron chi connectivity index (χ1n) is 16.3. The van der Waals surface area contributed by atoms with Crippen LogP contribution in [-0.4, -0.2) is 54.9 Å². The molecule has 1 atom stereocenters. The first-order valence-corrected chi connectivity index (χ1v) is 16.7. The molecule has 0 unspecified atom stereocenters. The van der Waals surface area contributed by atoms with E-state index in [-0.39, 0.29) is 19.8 Å². The Balaban J connectivity index is 1.25. The van der Waals surface area contributed by atoms with Crippen LogP contribution in [0.2, 0.25) is 5.02 Å². The summed E-state index contributed by atoms with van der Waals surface area (Å²) in [5.74, 6) is 2.01. The molecule has 0 aliphatic carbocycles. The number of hydrogen-bond donors (Lipinski definition) is 0. The van der Waals surface area contributed by atoms with Gasteiger partial charge >= 0.3 is 5.97 Å². The fourth-order valence-corrected chi connectivity index (χ4v) is 6.39. The summed E-state index contributed by atoms with van der Waals surface area (Å²) in [7, 11) is 0. The zero-order chi connectivity index (χ0) is 34.2. The quantitative estimate of drug-likeness (QED) is 0.141. The first kappa shape index (κ1) is 34.0. The van der Waals surface area contributed by atoms with E-state index in [0.717, 1.165) is 57.7 Å². The van der Waals surface area contributed by atoms with Gasteiger partial charge in [0.25, 0.3) is 0 Å². The Bertz CT molecular complexity index is 1850. The van der Waals surface area contributed by atoms with Crippen LogP contribution < -0.4 is 18.9 Å². The molecule has 254 valence electrons. The van der Waals surface area contributed by atoms with Gasteiger partial charge in [0.05, 0.1) is 5.02 Å². The Labute approximate surface area is 290 Å². The van der Waals surface area contributed by atoms with E-state index in [0.29, 0.717) is 54.9 Å². The van der Waals surface area contributed by atoms with Gasteiger partial charge in [0.1, 0.15) is 69.0 Å². The highest BCUT2D eigenvalue weighted by Crippen LogP contribution is 2.38. The molecule has 3 aromatic carbocycles. The third-order valence-corrected chi connectivity index (χ3v) is 9.01. The molecule has 2 aliphatic heterocycles. The summed E-state index contributed by atoms with van der Waals surface area (Å²) in [5.41, 5.74) is 5.93. The summed E-state index contributed by atoms with van der Waals surface area (Å²) in [6.45, 7) is 3.59. The van der Waals surface area contributed by atoms with Crippen molar-refractivity contribution >= 4 is 17.6 Å². The predicted molar refractivity (Wildman–Crippen MR) is 182 cm³/mol. The number of hydrogen-bond acceptors (Lipinski definition) is 9. The highest BCUT2D eigenvalue weighted by Gasteiger charge is 2.31. The summed E-state index contributed by atoms with van der Waals surface area (Å²) in [5, 5.41) is 9.70. The molecule has 1 saturated heterocycles. The fraction of sp³-hybridized carbons (Fsp3) is 0.342. The molecular formula is C38H37ClFN3O6. The molecule has 9 nitrogen and oxygen atoms in total. The van der Waals surface area contributed by atoms with Crippen molar-refractivity contribution in [3.63, 3.8) is 0 Å². The first-order chi connectivity index (χ1) is 23.9. The summed E-state index contributed by atoms with van der Waals surface area (Å²) in [6, 6.07) is 20.6. The van der Waals surface area contributed by atoms with Crippen LogP contribution in [0, 0.1) is 18.3 Å². The van der Waals surface area contributed by atoms with Crippen LogP contribution in [-0.2, 0) is 29.3 Å². The second-order valence-corrected chi connectivity index (χ2v) is 12.3. The Hall–Kier alpha value is -4.85. The summed E-state index contributed by atoms with van der Waals surface area (Å²) < 4.78 is 42.1. The predicted octanol–water partition coefficient (Wildman–Crippen LogP) is 7.38. The smallest absolute Gasteiger partial charge is 0.323 e. The molecule has 11 heteroatoms. The molecule has 0 bridgehead atoms. The number of carbonyl (C=O) groups is 1. The number of ether oxygens (including phenoxy) is 5. The van der Waals surface area contributed by atoms with Crippen molar-refractivity contribution in [1.82, 2.24) is 9.88 Å². The van der Waals surface area contributed by atoms with E-state index < -0.39 is 18.7 Å². The Morgan fingerprint density at radius 1 is 1.02 bits per heavy atom. The monoisotopic (exact) mass is 685 g/mol. The number of esters is 1. The number of likely N-dealkylation sites (tertiary alicyclic amines) is 1. The van der Waals surface area contributed by atoms with Gasteiger partial charge in [-0.15, -0.1) is 0 Å². The van der Waals surface area contributed by atoms with Crippen molar-refractivity contribution in [3.05, 3.63) is 99.8 Å². The highest BCUT2D eigenvalue weighted by molar-refractivity contribution is 6.32. The van der Waals surface area contributed by atoms with Gasteiger partial charge in [-0.05, 0) is 84.5 Å². The minimum Gasteiger partial charge on any atom is -0.488 e. The molecule has 0 saturated carbocycles. The van der Waals surface area contributed by atoms with E-state index in [4.69, 9.17) is 35.3 Å². The number of pyridine rings is 1. The largest absolute Gasteiger partial charge is 0.488 e. The maximum atomic E-state index is 12.8. The van der Waals surface area contributed by atoms with Crippen LogP contribution in [0.4, 0.5) is 4.39 Å². The zero-order valence-corrected chi connectivity index (χ0v) is 28.0. The van der Waals surface area contributed by atoms with E-state index in [2.05, 4.69) is 24.0 Å². The van der Waals surface area contributed by atoms with Gasteiger partial charge < -0.3 is 23.7 Å². The van der Waals surface area contributed by atoms with Gasteiger partial charge in [0, 0.05) is 24.4 Å². The Morgan fingerprint density at radius 3 is 2.69 bits per heavy atom. The molecule has 1 fully saturated rings. The van der Waals surface area contributed by atoms with E-state index in [1.165, 1.54) is 0 Å². The number of carbonyl (C=O) groups excluding carboxylic acids is 1. The second-order valence-electron chi connectivity index (χ2n) is 11.9. The van der Waals surface area contributed by atoms with Crippen LogP contribution in [0.5, 0.6) is 23.0 Å². The van der Waals surface area contributed by atoms with Gasteiger partial charge in [0.2, 0.25) is 0 Å². The van der Waals surface area contributed by atoms with Crippen molar-refractivity contribution in [2.75, 3.05) is 33.0 Å². The number of halogens is 2. The lowest BCUT2D eigenvalue weighted by Gasteiger charge is -2.34.